The molecule has 1 amide bonds. The Labute approximate surface area is 94.2 Å². The minimum Gasteiger partial charge on any atom is -0.409 e. The molecule has 0 aliphatic carbocycles. The second-order valence-corrected chi connectivity index (χ2v) is 3.62. The average molecular weight is 221 g/mol. The van der Waals surface area contributed by atoms with Crippen LogP contribution < -0.4 is 5.73 Å². The lowest BCUT2D eigenvalue weighted by Crippen LogP contribution is -2.35. The molecule has 0 aliphatic heterocycles. The molecule has 16 heavy (non-hydrogen) atoms. The van der Waals surface area contributed by atoms with Crippen molar-refractivity contribution in [3.05, 3.63) is 35.4 Å². The van der Waals surface area contributed by atoms with Crippen molar-refractivity contribution in [2.24, 2.45) is 10.9 Å². The van der Waals surface area contributed by atoms with E-state index in [-0.39, 0.29) is 18.3 Å². The molecular weight excluding hydrogens is 206 g/mol. The highest BCUT2D eigenvalue weighted by Crippen LogP contribution is 2.05. The van der Waals surface area contributed by atoms with Gasteiger partial charge >= 0.3 is 0 Å². The van der Waals surface area contributed by atoms with Crippen LogP contribution in [0.2, 0.25) is 0 Å². The summed E-state index contributed by atoms with van der Waals surface area (Å²) in [6, 6.07) is 7.23. The molecule has 0 heterocycles. The molecule has 0 fully saturated rings. The van der Waals surface area contributed by atoms with Gasteiger partial charge in [0, 0.05) is 12.6 Å². The summed E-state index contributed by atoms with van der Waals surface area (Å²) in [6.07, 6.45) is 0. The van der Waals surface area contributed by atoms with Crippen LogP contribution in [0.4, 0.5) is 0 Å². The van der Waals surface area contributed by atoms with Crippen LogP contribution in [0.3, 0.4) is 0 Å². The van der Waals surface area contributed by atoms with Gasteiger partial charge in [-0.1, -0.05) is 22.9 Å². The van der Waals surface area contributed by atoms with Crippen molar-refractivity contribution in [2.75, 3.05) is 13.6 Å². The summed E-state index contributed by atoms with van der Waals surface area (Å²) in [5, 5.41) is 11.2. The lowest BCUT2D eigenvalue weighted by atomic mass is 10.1. The summed E-state index contributed by atoms with van der Waals surface area (Å²) in [5.41, 5.74) is 7.00. The number of hydrogen-bond donors (Lipinski definition) is 2. The first kappa shape index (κ1) is 12.0. The van der Waals surface area contributed by atoms with Crippen LogP contribution in [-0.4, -0.2) is 35.4 Å². The maximum atomic E-state index is 11.8. The molecule has 0 saturated carbocycles. The summed E-state index contributed by atoms with van der Waals surface area (Å²) in [5.74, 6) is -0.158. The number of carbonyl (C=O) groups is 1. The summed E-state index contributed by atoms with van der Waals surface area (Å²) < 4.78 is 0. The number of rotatable bonds is 3. The predicted molar refractivity (Wildman–Crippen MR) is 61.5 cm³/mol. The third-order valence-corrected chi connectivity index (χ3v) is 2.17. The zero-order chi connectivity index (χ0) is 12.1. The number of nitrogens with two attached hydrogens (primary N) is 1. The number of amidine groups is 1. The predicted octanol–water partition coefficient (Wildman–Crippen LogP) is 0.813. The van der Waals surface area contributed by atoms with Crippen molar-refractivity contribution in [1.29, 1.82) is 0 Å². The van der Waals surface area contributed by atoms with E-state index in [0.29, 0.717) is 5.56 Å². The SMILES string of the molecule is Cc1ccc(C(=O)N(C)CC(N)=NO)cc1. The number of nitrogens with zero attached hydrogens (tertiary/aromatic N) is 2. The summed E-state index contributed by atoms with van der Waals surface area (Å²) >= 11 is 0. The Kier molecular flexibility index (Phi) is 3.88. The first-order chi connectivity index (χ1) is 7.54. The van der Waals surface area contributed by atoms with Crippen molar-refractivity contribution >= 4 is 11.7 Å². The van der Waals surface area contributed by atoms with Gasteiger partial charge in [-0.25, -0.2) is 0 Å². The summed E-state index contributed by atoms with van der Waals surface area (Å²) in [6.45, 7) is 2.05. The molecule has 0 aliphatic rings. The van der Waals surface area contributed by atoms with Crippen LogP contribution in [0.15, 0.2) is 29.4 Å². The second kappa shape index (κ2) is 5.16. The Morgan fingerprint density at radius 2 is 2.00 bits per heavy atom. The molecular formula is C11H15N3O2. The van der Waals surface area contributed by atoms with Gasteiger partial charge in [-0.15, -0.1) is 0 Å². The highest BCUT2D eigenvalue weighted by Gasteiger charge is 2.12. The van der Waals surface area contributed by atoms with Crippen LogP contribution >= 0.6 is 0 Å². The van der Waals surface area contributed by atoms with E-state index >= 15 is 0 Å². The highest BCUT2D eigenvalue weighted by molar-refractivity contribution is 5.96. The van der Waals surface area contributed by atoms with Gasteiger partial charge in [0.05, 0.1) is 6.54 Å². The molecule has 5 nitrogen and oxygen atoms in total. The normalized spacial score (nSPS) is 11.2. The monoisotopic (exact) mass is 221 g/mol. The van der Waals surface area contributed by atoms with Gasteiger partial charge in [0.25, 0.3) is 5.91 Å². The molecule has 1 rings (SSSR count). The van der Waals surface area contributed by atoms with Crippen molar-refractivity contribution in [3.63, 3.8) is 0 Å². The molecule has 5 heteroatoms. The van der Waals surface area contributed by atoms with E-state index in [4.69, 9.17) is 10.9 Å². The van der Waals surface area contributed by atoms with Crippen molar-refractivity contribution in [2.45, 2.75) is 6.92 Å². The standard InChI is InChI=1S/C11H15N3O2/c1-8-3-5-9(6-4-8)11(15)14(2)7-10(12)13-16/h3-6,16H,7H2,1-2H3,(H2,12,13). The quantitative estimate of drug-likeness (QED) is 0.343. The zero-order valence-electron chi connectivity index (χ0n) is 9.34. The van der Waals surface area contributed by atoms with Gasteiger partial charge in [-0.2, -0.15) is 0 Å². The molecule has 0 aromatic heterocycles. The third kappa shape index (κ3) is 2.98. The molecule has 1 aromatic carbocycles. The number of oxime groups is 1. The average Bonchev–Trinajstić information content (AvgIpc) is 2.28. The largest absolute Gasteiger partial charge is 0.409 e. The maximum absolute atomic E-state index is 11.8. The zero-order valence-corrected chi connectivity index (χ0v) is 9.34. The Bertz CT molecular complexity index is 398. The highest BCUT2D eigenvalue weighted by atomic mass is 16.4. The second-order valence-electron chi connectivity index (χ2n) is 3.62. The first-order valence-corrected chi connectivity index (χ1v) is 4.83. The van der Waals surface area contributed by atoms with Crippen molar-refractivity contribution in [3.8, 4) is 0 Å². The molecule has 0 spiro atoms. The van der Waals surface area contributed by atoms with Crippen LogP contribution in [0.5, 0.6) is 0 Å². The van der Waals surface area contributed by atoms with Crippen LogP contribution in [-0.2, 0) is 0 Å². The minimum atomic E-state index is -0.161. The van der Waals surface area contributed by atoms with E-state index < -0.39 is 0 Å². The summed E-state index contributed by atoms with van der Waals surface area (Å²) in [4.78, 5) is 13.2. The number of benzene rings is 1. The number of amides is 1. The number of aryl methyl sites for hydroxylation is 1. The Morgan fingerprint density at radius 1 is 1.44 bits per heavy atom. The van der Waals surface area contributed by atoms with Gasteiger partial charge in [-0.05, 0) is 19.1 Å². The minimum absolute atomic E-state index is 0.00274. The lowest BCUT2D eigenvalue weighted by molar-refractivity contribution is 0.0813. The van der Waals surface area contributed by atoms with E-state index in [9.17, 15) is 4.79 Å². The molecule has 0 bridgehead atoms. The fourth-order valence-corrected chi connectivity index (χ4v) is 1.26. The first-order valence-electron chi connectivity index (χ1n) is 4.83. The number of carbonyl (C=O) groups excluding carboxylic acids is 1. The van der Waals surface area contributed by atoms with Gasteiger partial charge in [0.15, 0.2) is 5.84 Å². The molecule has 0 atom stereocenters. The van der Waals surface area contributed by atoms with Gasteiger partial charge < -0.3 is 15.8 Å². The van der Waals surface area contributed by atoms with Crippen LogP contribution in [0.1, 0.15) is 15.9 Å². The van der Waals surface area contributed by atoms with E-state index in [0.717, 1.165) is 5.56 Å². The fraction of sp³-hybridized carbons (Fsp3) is 0.273. The number of likely N-dealkylation sites (N-methyl/N-ethyl adjacent to an activating group) is 1. The smallest absolute Gasteiger partial charge is 0.254 e. The molecule has 0 unspecified atom stereocenters. The van der Waals surface area contributed by atoms with Gasteiger partial charge in [0.2, 0.25) is 0 Å². The molecule has 0 radical (unpaired) electrons. The van der Waals surface area contributed by atoms with Gasteiger partial charge in [-0.3, -0.25) is 4.79 Å². The van der Waals surface area contributed by atoms with Crippen LogP contribution in [0.25, 0.3) is 0 Å². The van der Waals surface area contributed by atoms with E-state index in [1.165, 1.54) is 4.90 Å². The number of hydrogen-bond acceptors (Lipinski definition) is 3. The Hall–Kier alpha value is -2.04. The maximum Gasteiger partial charge on any atom is 0.254 e. The van der Waals surface area contributed by atoms with E-state index in [1.54, 1.807) is 19.2 Å². The molecule has 0 saturated heterocycles. The third-order valence-electron chi connectivity index (χ3n) is 2.17. The van der Waals surface area contributed by atoms with Crippen molar-refractivity contribution < 1.29 is 10.0 Å². The molecule has 3 N–H and O–H groups in total. The molecule has 1 aromatic rings. The van der Waals surface area contributed by atoms with Gasteiger partial charge in [0.1, 0.15) is 0 Å². The molecule has 86 valence electrons. The lowest BCUT2D eigenvalue weighted by Gasteiger charge is -2.16. The van der Waals surface area contributed by atoms with Crippen LogP contribution in [0, 0.1) is 6.92 Å². The van der Waals surface area contributed by atoms with Crippen molar-refractivity contribution in [1.82, 2.24) is 4.90 Å². The fourth-order valence-electron chi connectivity index (χ4n) is 1.26. The topological polar surface area (TPSA) is 78.9 Å². The van der Waals surface area contributed by atoms with E-state index in [2.05, 4.69) is 5.16 Å². The Balaban J connectivity index is 2.74. The van der Waals surface area contributed by atoms with E-state index in [1.807, 2.05) is 19.1 Å². The Morgan fingerprint density at radius 3 is 2.50 bits per heavy atom. The summed E-state index contributed by atoms with van der Waals surface area (Å²) in [7, 11) is 1.60.